The first-order valence-corrected chi connectivity index (χ1v) is 6.65. The van der Waals surface area contributed by atoms with E-state index in [1.165, 1.54) is 6.07 Å². The third-order valence-electron chi connectivity index (χ3n) is 3.09. The second-order valence-electron chi connectivity index (χ2n) is 4.58. The van der Waals surface area contributed by atoms with Crippen LogP contribution in [0.15, 0.2) is 36.7 Å². The molecule has 0 saturated carbocycles. The summed E-state index contributed by atoms with van der Waals surface area (Å²) in [7, 11) is 0. The zero-order chi connectivity index (χ0) is 16.3. The van der Waals surface area contributed by atoms with Crippen LogP contribution in [0, 0.1) is 10.1 Å². The van der Waals surface area contributed by atoms with Crippen molar-refractivity contribution in [3.63, 3.8) is 0 Å². The molecule has 0 aliphatic heterocycles. The van der Waals surface area contributed by atoms with Gasteiger partial charge in [0.25, 0.3) is 0 Å². The Balaban J connectivity index is 2.27. The summed E-state index contributed by atoms with van der Waals surface area (Å²) < 4.78 is 0. The number of aromatic hydroxyl groups is 1. The lowest BCUT2D eigenvalue weighted by molar-refractivity contribution is -0.385. The summed E-state index contributed by atoms with van der Waals surface area (Å²) in [6, 6.07) is 5.69. The monoisotopic (exact) mass is 321 g/mol. The molecule has 1 heterocycles. The predicted molar refractivity (Wildman–Crippen MR) is 81.1 cm³/mol. The number of nitrogens with zero attached hydrogens (tertiary/aromatic N) is 2. The van der Waals surface area contributed by atoms with Crippen molar-refractivity contribution in [1.29, 1.82) is 0 Å². The van der Waals surface area contributed by atoms with Crippen molar-refractivity contribution in [2.24, 2.45) is 0 Å². The normalized spacial score (nSPS) is 11.7. The molecule has 0 unspecified atom stereocenters. The van der Waals surface area contributed by atoms with Crippen LogP contribution >= 0.6 is 11.6 Å². The minimum Gasteiger partial charge on any atom is -0.501 e. The highest BCUT2D eigenvalue weighted by Crippen LogP contribution is 2.37. The van der Waals surface area contributed by atoms with Gasteiger partial charge in [0.05, 0.1) is 16.5 Å². The highest BCUT2D eigenvalue weighted by atomic mass is 35.5. The van der Waals surface area contributed by atoms with Gasteiger partial charge in [0, 0.05) is 23.5 Å². The van der Waals surface area contributed by atoms with Gasteiger partial charge < -0.3 is 10.4 Å². The number of carbonyl (C=O) groups excluding carboxylic acids is 1. The van der Waals surface area contributed by atoms with E-state index in [4.69, 9.17) is 11.6 Å². The van der Waals surface area contributed by atoms with Crippen LogP contribution in [0.25, 0.3) is 0 Å². The summed E-state index contributed by atoms with van der Waals surface area (Å²) in [4.78, 5) is 26.2. The Morgan fingerprint density at radius 2 is 2.23 bits per heavy atom. The van der Waals surface area contributed by atoms with Gasteiger partial charge in [-0.15, -0.1) is 0 Å². The number of nitro benzene ring substituents is 1. The van der Waals surface area contributed by atoms with Gasteiger partial charge in [-0.2, -0.15) is 0 Å². The number of phenolic OH excluding ortho intramolecular Hbond substituents is 1. The number of carbonyl (C=O) groups is 1. The van der Waals surface area contributed by atoms with Crippen LogP contribution in [0.3, 0.4) is 0 Å². The van der Waals surface area contributed by atoms with E-state index in [0.29, 0.717) is 5.56 Å². The Labute approximate surface area is 130 Å². The minimum atomic E-state index is -0.776. The molecule has 0 bridgehead atoms. The van der Waals surface area contributed by atoms with E-state index in [1.54, 1.807) is 31.5 Å². The molecule has 0 spiro atoms. The molecule has 2 rings (SSSR count). The number of nitro groups is 1. The maximum absolute atomic E-state index is 12.2. The average Bonchev–Trinajstić information content (AvgIpc) is 2.50. The molecule has 7 nitrogen and oxygen atoms in total. The van der Waals surface area contributed by atoms with Crippen LogP contribution in [0.2, 0.25) is 5.02 Å². The lowest BCUT2D eigenvalue weighted by atomic mass is 10.0. The SMILES string of the molecule is C[C@H](C(=O)Nc1cc(Cl)cc([N+](=O)[O-])c1O)c1cccnc1. The second-order valence-corrected chi connectivity index (χ2v) is 5.01. The van der Waals surface area contributed by atoms with E-state index in [2.05, 4.69) is 10.3 Å². The molecule has 0 aliphatic carbocycles. The van der Waals surface area contributed by atoms with Crippen LogP contribution in [0.1, 0.15) is 18.4 Å². The molecular formula is C14H12ClN3O4. The largest absolute Gasteiger partial charge is 0.501 e. The maximum Gasteiger partial charge on any atom is 0.314 e. The van der Waals surface area contributed by atoms with Crippen LogP contribution in [0.5, 0.6) is 5.75 Å². The van der Waals surface area contributed by atoms with Crippen LogP contribution in [-0.4, -0.2) is 20.9 Å². The number of halogens is 1. The van der Waals surface area contributed by atoms with Crippen LogP contribution in [0.4, 0.5) is 11.4 Å². The molecular weight excluding hydrogens is 310 g/mol. The molecule has 0 aliphatic rings. The fraction of sp³-hybridized carbons (Fsp3) is 0.143. The molecule has 1 aromatic heterocycles. The number of anilines is 1. The maximum atomic E-state index is 12.2. The molecule has 8 heteroatoms. The second kappa shape index (κ2) is 6.40. The Morgan fingerprint density at radius 1 is 1.50 bits per heavy atom. The summed E-state index contributed by atoms with van der Waals surface area (Å²) in [5.41, 5.74) is -0.00668. The van der Waals surface area contributed by atoms with E-state index < -0.39 is 28.2 Å². The predicted octanol–water partition coefficient (Wildman–Crippen LogP) is 3.09. The van der Waals surface area contributed by atoms with Crippen molar-refractivity contribution in [2.75, 3.05) is 5.32 Å². The number of pyridine rings is 1. The Kier molecular flexibility index (Phi) is 4.57. The first kappa shape index (κ1) is 15.7. The van der Waals surface area contributed by atoms with E-state index in [9.17, 15) is 20.0 Å². The lowest BCUT2D eigenvalue weighted by Crippen LogP contribution is -2.19. The van der Waals surface area contributed by atoms with Crippen molar-refractivity contribution in [3.05, 3.63) is 57.4 Å². The Morgan fingerprint density at radius 3 is 2.82 bits per heavy atom. The third-order valence-corrected chi connectivity index (χ3v) is 3.31. The molecule has 114 valence electrons. The number of hydrogen-bond donors (Lipinski definition) is 2. The summed E-state index contributed by atoms with van der Waals surface area (Å²) in [5.74, 6) is -1.63. The summed E-state index contributed by atoms with van der Waals surface area (Å²) in [6.07, 6.45) is 3.13. The number of hydrogen-bond acceptors (Lipinski definition) is 5. The van der Waals surface area contributed by atoms with Gasteiger partial charge in [-0.25, -0.2) is 0 Å². The van der Waals surface area contributed by atoms with Gasteiger partial charge in [0.1, 0.15) is 0 Å². The molecule has 0 fully saturated rings. The lowest BCUT2D eigenvalue weighted by Gasteiger charge is -2.13. The van der Waals surface area contributed by atoms with Crippen molar-refractivity contribution in [2.45, 2.75) is 12.8 Å². The molecule has 0 radical (unpaired) electrons. The minimum absolute atomic E-state index is 0.0360. The fourth-order valence-corrected chi connectivity index (χ4v) is 2.06. The van der Waals surface area contributed by atoms with E-state index >= 15 is 0 Å². The van der Waals surface area contributed by atoms with E-state index in [-0.39, 0.29) is 10.7 Å². The quantitative estimate of drug-likeness (QED) is 0.511. The van der Waals surface area contributed by atoms with Gasteiger partial charge in [0.15, 0.2) is 0 Å². The molecule has 1 aromatic carbocycles. The Bertz CT molecular complexity index is 722. The van der Waals surface area contributed by atoms with E-state index in [1.807, 2.05) is 0 Å². The average molecular weight is 322 g/mol. The number of rotatable bonds is 4. The number of aromatic nitrogens is 1. The van der Waals surface area contributed by atoms with Crippen LogP contribution in [-0.2, 0) is 4.79 Å². The molecule has 1 amide bonds. The standard InChI is InChI=1S/C14H12ClN3O4/c1-8(9-3-2-4-16-7-9)14(20)17-11-5-10(15)6-12(13(11)19)18(21)22/h2-8,19H,1H3,(H,17,20)/t8-/m0/s1. The number of nitrogens with one attached hydrogen (secondary N) is 1. The van der Waals surface area contributed by atoms with Gasteiger partial charge >= 0.3 is 5.69 Å². The molecule has 22 heavy (non-hydrogen) atoms. The van der Waals surface area contributed by atoms with Crippen molar-refractivity contribution < 1.29 is 14.8 Å². The van der Waals surface area contributed by atoms with Gasteiger partial charge in [-0.05, 0) is 24.6 Å². The van der Waals surface area contributed by atoms with Crippen molar-refractivity contribution in [1.82, 2.24) is 4.98 Å². The highest BCUT2D eigenvalue weighted by molar-refractivity contribution is 6.31. The first-order chi connectivity index (χ1) is 10.4. The first-order valence-electron chi connectivity index (χ1n) is 6.28. The number of benzene rings is 1. The van der Waals surface area contributed by atoms with Crippen molar-refractivity contribution >= 4 is 28.9 Å². The summed E-state index contributed by atoms with van der Waals surface area (Å²) in [6.45, 7) is 1.66. The van der Waals surface area contributed by atoms with E-state index in [0.717, 1.165) is 6.07 Å². The van der Waals surface area contributed by atoms with Gasteiger partial charge in [0.2, 0.25) is 11.7 Å². The van der Waals surface area contributed by atoms with Crippen molar-refractivity contribution in [3.8, 4) is 5.75 Å². The topological polar surface area (TPSA) is 105 Å². The third kappa shape index (κ3) is 3.32. The molecule has 1 atom stereocenters. The van der Waals surface area contributed by atoms with Gasteiger partial charge in [-0.3, -0.25) is 19.9 Å². The van der Waals surface area contributed by atoms with Gasteiger partial charge in [-0.1, -0.05) is 17.7 Å². The smallest absolute Gasteiger partial charge is 0.314 e. The van der Waals surface area contributed by atoms with Crippen LogP contribution < -0.4 is 5.32 Å². The zero-order valence-corrected chi connectivity index (χ0v) is 12.2. The summed E-state index contributed by atoms with van der Waals surface area (Å²) >= 11 is 5.77. The fourth-order valence-electron chi connectivity index (χ4n) is 1.84. The molecule has 2 aromatic rings. The number of phenols is 1. The highest BCUT2D eigenvalue weighted by Gasteiger charge is 2.22. The molecule has 0 saturated heterocycles. The number of amides is 1. The summed E-state index contributed by atoms with van der Waals surface area (Å²) in [5, 5.41) is 23.2. The Hall–Kier alpha value is -2.67. The zero-order valence-electron chi connectivity index (χ0n) is 11.5. The molecule has 2 N–H and O–H groups in total.